The summed E-state index contributed by atoms with van der Waals surface area (Å²) < 4.78 is 0. The van der Waals surface area contributed by atoms with E-state index in [-0.39, 0.29) is 11.9 Å². The highest BCUT2D eigenvalue weighted by Crippen LogP contribution is 2.27. The maximum absolute atomic E-state index is 12.4. The molecule has 2 N–H and O–H groups in total. The summed E-state index contributed by atoms with van der Waals surface area (Å²) in [6.45, 7) is 0.794. The van der Waals surface area contributed by atoms with E-state index >= 15 is 0 Å². The van der Waals surface area contributed by atoms with Crippen LogP contribution in [0, 0.1) is 0 Å². The van der Waals surface area contributed by atoms with E-state index in [1.165, 1.54) is 5.56 Å². The van der Waals surface area contributed by atoms with Crippen LogP contribution in [0.1, 0.15) is 18.4 Å². The Labute approximate surface area is 113 Å². The van der Waals surface area contributed by atoms with Crippen LogP contribution >= 0.6 is 11.8 Å². The standard InChI is InChI=1S/C14H20N2OS/c1-18-10-8-12(15)14(17)16-9-4-6-11-5-2-3-7-13(11)16/h2-3,5,7,12H,4,6,8-10,15H2,1H3/t12-/m0/s1. The minimum Gasteiger partial charge on any atom is -0.320 e. The maximum atomic E-state index is 12.4. The van der Waals surface area contributed by atoms with Crippen molar-refractivity contribution in [2.75, 3.05) is 23.5 Å². The van der Waals surface area contributed by atoms with Gasteiger partial charge < -0.3 is 10.6 Å². The summed E-state index contributed by atoms with van der Waals surface area (Å²) in [6.07, 6.45) is 4.87. The molecule has 0 saturated heterocycles. The molecule has 1 atom stereocenters. The number of anilines is 1. The van der Waals surface area contributed by atoms with Gasteiger partial charge in [-0.3, -0.25) is 4.79 Å². The molecule has 0 fully saturated rings. The Morgan fingerprint density at radius 2 is 2.28 bits per heavy atom. The van der Waals surface area contributed by atoms with Crippen molar-refractivity contribution in [3.8, 4) is 0 Å². The number of amides is 1. The quantitative estimate of drug-likeness (QED) is 0.905. The van der Waals surface area contributed by atoms with Gasteiger partial charge in [-0.25, -0.2) is 0 Å². The van der Waals surface area contributed by atoms with Crippen LogP contribution in [0.5, 0.6) is 0 Å². The molecular weight excluding hydrogens is 244 g/mol. The number of hydrogen-bond donors (Lipinski definition) is 1. The lowest BCUT2D eigenvalue weighted by atomic mass is 10.0. The minimum atomic E-state index is -0.372. The molecule has 4 heteroatoms. The fraction of sp³-hybridized carbons (Fsp3) is 0.500. The van der Waals surface area contributed by atoms with Gasteiger partial charge in [-0.2, -0.15) is 11.8 Å². The van der Waals surface area contributed by atoms with E-state index in [2.05, 4.69) is 6.07 Å². The predicted octanol–water partition coefficient (Wildman–Crippen LogP) is 2.05. The number of nitrogens with zero attached hydrogens (tertiary/aromatic N) is 1. The molecule has 2 rings (SSSR count). The van der Waals surface area contributed by atoms with E-state index in [1.807, 2.05) is 29.4 Å². The van der Waals surface area contributed by atoms with Crippen LogP contribution < -0.4 is 10.6 Å². The molecule has 1 aliphatic rings. The molecule has 98 valence electrons. The molecule has 1 amide bonds. The lowest BCUT2D eigenvalue weighted by molar-refractivity contribution is -0.119. The topological polar surface area (TPSA) is 46.3 Å². The molecule has 0 spiro atoms. The molecule has 0 aromatic heterocycles. The summed E-state index contributed by atoms with van der Waals surface area (Å²) >= 11 is 1.73. The van der Waals surface area contributed by atoms with E-state index in [4.69, 9.17) is 5.73 Å². The van der Waals surface area contributed by atoms with Gasteiger partial charge in [0.25, 0.3) is 0 Å². The summed E-state index contributed by atoms with van der Waals surface area (Å²) in [5, 5.41) is 0. The first-order chi connectivity index (χ1) is 8.74. The average molecular weight is 264 g/mol. The lowest BCUT2D eigenvalue weighted by Gasteiger charge is -2.31. The van der Waals surface area contributed by atoms with Gasteiger partial charge in [0, 0.05) is 12.2 Å². The molecule has 0 saturated carbocycles. The predicted molar refractivity (Wildman–Crippen MR) is 78.1 cm³/mol. The Kier molecular flexibility index (Phi) is 4.66. The first kappa shape index (κ1) is 13.4. The molecule has 0 unspecified atom stereocenters. The smallest absolute Gasteiger partial charge is 0.243 e. The van der Waals surface area contributed by atoms with Crippen LogP contribution in [0.4, 0.5) is 5.69 Å². The molecule has 3 nitrogen and oxygen atoms in total. The van der Waals surface area contributed by atoms with Crippen molar-refractivity contribution in [2.24, 2.45) is 5.73 Å². The van der Waals surface area contributed by atoms with Crippen LogP contribution in [0.25, 0.3) is 0 Å². The van der Waals surface area contributed by atoms with Crippen LogP contribution in [-0.4, -0.2) is 30.5 Å². The Morgan fingerprint density at radius 3 is 3.06 bits per heavy atom. The van der Waals surface area contributed by atoms with Crippen molar-refractivity contribution in [1.82, 2.24) is 0 Å². The molecule has 1 aromatic rings. The number of thioether (sulfide) groups is 1. The zero-order valence-corrected chi connectivity index (χ0v) is 11.6. The molecule has 1 aliphatic heterocycles. The summed E-state index contributed by atoms with van der Waals surface area (Å²) in [7, 11) is 0. The van der Waals surface area contributed by atoms with E-state index in [0.717, 1.165) is 37.2 Å². The zero-order valence-electron chi connectivity index (χ0n) is 10.8. The number of rotatable bonds is 4. The Bertz CT molecular complexity index is 422. The molecule has 0 radical (unpaired) electrons. The monoisotopic (exact) mass is 264 g/mol. The van der Waals surface area contributed by atoms with Crippen molar-refractivity contribution in [3.05, 3.63) is 29.8 Å². The largest absolute Gasteiger partial charge is 0.320 e. The third-order valence-electron chi connectivity index (χ3n) is 3.33. The summed E-state index contributed by atoms with van der Waals surface area (Å²) in [5.74, 6) is 0.999. The van der Waals surface area contributed by atoms with Crippen molar-refractivity contribution in [2.45, 2.75) is 25.3 Å². The second-order valence-electron chi connectivity index (χ2n) is 4.61. The van der Waals surface area contributed by atoms with Gasteiger partial charge in [-0.15, -0.1) is 0 Å². The van der Waals surface area contributed by atoms with Gasteiger partial charge in [0.2, 0.25) is 5.91 Å². The van der Waals surface area contributed by atoms with E-state index < -0.39 is 0 Å². The van der Waals surface area contributed by atoms with E-state index in [9.17, 15) is 4.79 Å². The SMILES string of the molecule is CSCC[C@H](N)C(=O)N1CCCc2ccccc21. The molecule has 1 heterocycles. The third-order valence-corrected chi connectivity index (χ3v) is 3.97. The summed E-state index contributed by atoms with van der Waals surface area (Å²) in [5.41, 5.74) is 8.29. The van der Waals surface area contributed by atoms with Gasteiger partial charge >= 0.3 is 0 Å². The van der Waals surface area contributed by atoms with Crippen LogP contribution in [0.2, 0.25) is 0 Å². The fourth-order valence-corrected chi connectivity index (χ4v) is 2.82. The van der Waals surface area contributed by atoms with Crippen LogP contribution in [-0.2, 0) is 11.2 Å². The highest BCUT2D eigenvalue weighted by atomic mass is 32.2. The van der Waals surface area contributed by atoms with Gasteiger partial charge in [0.05, 0.1) is 6.04 Å². The normalized spacial score (nSPS) is 16.2. The van der Waals surface area contributed by atoms with E-state index in [1.54, 1.807) is 11.8 Å². The first-order valence-corrected chi connectivity index (χ1v) is 7.77. The summed E-state index contributed by atoms with van der Waals surface area (Å²) in [6, 6.07) is 7.76. The molecule has 1 aromatic carbocycles. The Balaban J connectivity index is 2.12. The average Bonchev–Trinajstić information content (AvgIpc) is 2.43. The van der Waals surface area contributed by atoms with Gasteiger partial charge in [0.15, 0.2) is 0 Å². The minimum absolute atomic E-state index is 0.0659. The van der Waals surface area contributed by atoms with Crippen molar-refractivity contribution < 1.29 is 4.79 Å². The first-order valence-electron chi connectivity index (χ1n) is 6.38. The number of para-hydroxylation sites is 1. The second kappa shape index (κ2) is 6.25. The third kappa shape index (κ3) is 2.87. The van der Waals surface area contributed by atoms with Crippen molar-refractivity contribution >= 4 is 23.4 Å². The maximum Gasteiger partial charge on any atom is 0.243 e. The highest BCUT2D eigenvalue weighted by Gasteiger charge is 2.25. The van der Waals surface area contributed by atoms with Gasteiger partial charge in [-0.05, 0) is 42.9 Å². The summed E-state index contributed by atoms with van der Waals surface area (Å²) in [4.78, 5) is 14.2. The Morgan fingerprint density at radius 1 is 1.50 bits per heavy atom. The number of hydrogen-bond acceptors (Lipinski definition) is 3. The fourth-order valence-electron chi connectivity index (χ4n) is 2.33. The van der Waals surface area contributed by atoms with Crippen molar-refractivity contribution in [1.29, 1.82) is 0 Å². The number of aryl methyl sites for hydroxylation is 1. The van der Waals surface area contributed by atoms with Crippen LogP contribution in [0.15, 0.2) is 24.3 Å². The number of carbonyl (C=O) groups is 1. The molecule has 0 bridgehead atoms. The number of benzene rings is 1. The van der Waals surface area contributed by atoms with E-state index in [0.29, 0.717) is 0 Å². The number of fused-ring (bicyclic) bond motifs is 1. The van der Waals surface area contributed by atoms with Crippen LogP contribution in [0.3, 0.4) is 0 Å². The molecule has 18 heavy (non-hydrogen) atoms. The number of nitrogens with two attached hydrogens (primary N) is 1. The highest BCUT2D eigenvalue weighted by molar-refractivity contribution is 7.98. The van der Waals surface area contributed by atoms with Gasteiger partial charge in [-0.1, -0.05) is 18.2 Å². The second-order valence-corrected chi connectivity index (χ2v) is 5.60. The number of carbonyl (C=O) groups excluding carboxylic acids is 1. The Hall–Kier alpha value is -1.00. The lowest BCUT2D eigenvalue weighted by Crippen LogP contribution is -2.46. The van der Waals surface area contributed by atoms with Crippen molar-refractivity contribution in [3.63, 3.8) is 0 Å². The molecular formula is C14H20N2OS. The molecule has 0 aliphatic carbocycles. The van der Waals surface area contributed by atoms with Gasteiger partial charge in [0.1, 0.15) is 0 Å². The zero-order chi connectivity index (χ0) is 13.0.